The van der Waals surface area contributed by atoms with Gasteiger partial charge in [0.2, 0.25) is 0 Å². The maximum atomic E-state index is 12.9. The fourth-order valence-corrected chi connectivity index (χ4v) is 3.03. The van der Waals surface area contributed by atoms with Crippen molar-refractivity contribution in [1.29, 1.82) is 0 Å². The number of methoxy groups -OCH3 is 1. The first-order valence-electron chi connectivity index (χ1n) is 7.62. The van der Waals surface area contributed by atoms with Crippen molar-refractivity contribution in [3.63, 3.8) is 0 Å². The number of nitrogens with zero attached hydrogens (tertiary/aromatic N) is 2. The Morgan fingerprint density at radius 2 is 2.08 bits per heavy atom. The number of carbonyl (C=O) groups is 1. The molecule has 0 bridgehead atoms. The number of rotatable bonds is 5. The third-order valence-corrected chi connectivity index (χ3v) is 4.39. The molecule has 8 heteroatoms. The third kappa shape index (κ3) is 3.29. The van der Waals surface area contributed by atoms with Crippen molar-refractivity contribution in [2.45, 2.75) is 6.17 Å². The number of non-ortho nitro benzene ring substituents is 1. The highest BCUT2D eigenvalue weighted by Gasteiger charge is 2.34. The number of para-hydroxylation sites is 1. The minimum absolute atomic E-state index is 0.0841. The Bertz CT molecular complexity index is 827. The molecule has 0 fully saturated rings. The maximum Gasteiger partial charge on any atom is 0.269 e. The summed E-state index contributed by atoms with van der Waals surface area (Å²) < 4.78 is 5.09. The van der Waals surface area contributed by atoms with E-state index in [9.17, 15) is 14.9 Å². The van der Waals surface area contributed by atoms with Gasteiger partial charge in [0.1, 0.15) is 6.17 Å². The van der Waals surface area contributed by atoms with E-state index >= 15 is 0 Å². The largest absolute Gasteiger partial charge is 0.383 e. The first-order chi connectivity index (χ1) is 12.0. The topological polar surface area (TPSA) is 84.7 Å². The Hall–Kier alpha value is -2.64. The van der Waals surface area contributed by atoms with Crippen molar-refractivity contribution in [3.05, 3.63) is 68.7 Å². The van der Waals surface area contributed by atoms with Gasteiger partial charge in [-0.05, 0) is 18.2 Å². The van der Waals surface area contributed by atoms with Gasteiger partial charge in [0.25, 0.3) is 11.6 Å². The number of nitro benzene ring substituents is 1. The third-order valence-electron chi connectivity index (χ3n) is 4.04. The second-order valence-corrected chi connectivity index (χ2v) is 5.95. The van der Waals surface area contributed by atoms with Crippen LogP contribution in [-0.4, -0.2) is 36.0 Å². The Labute approximate surface area is 149 Å². The molecule has 1 amide bonds. The lowest BCUT2D eigenvalue weighted by atomic mass is 10.0. The lowest BCUT2D eigenvalue weighted by Gasteiger charge is -2.38. The van der Waals surface area contributed by atoms with Gasteiger partial charge in [-0.3, -0.25) is 14.9 Å². The van der Waals surface area contributed by atoms with Crippen molar-refractivity contribution in [2.75, 3.05) is 25.6 Å². The van der Waals surface area contributed by atoms with E-state index in [0.717, 1.165) is 0 Å². The van der Waals surface area contributed by atoms with Crippen molar-refractivity contribution in [3.8, 4) is 0 Å². The molecule has 0 radical (unpaired) electrons. The number of hydrogen-bond donors (Lipinski definition) is 1. The minimum atomic E-state index is -0.620. The number of nitrogens with one attached hydrogen (secondary N) is 1. The van der Waals surface area contributed by atoms with Gasteiger partial charge in [0.05, 0.1) is 17.1 Å². The summed E-state index contributed by atoms with van der Waals surface area (Å²) in [6.45, 7) is 0.652. The predicted octanol–water partition coefficient (Wildman–Crippen LogP) is 3.46. The summed E-state index contributed by atoms with van der Waals surface area (Å²) in [7, 11) is 1.55. The zero-order chi connectivity index (χ0) is 18.0. The Kier molecular flexibility index (Phi) is 4.87. The monoisotopic (exact) mass is 361 g/mol. The average Bonchev–Trinajstić information content (AvgIpc) is 2.61. The molecule has 3 rings (SSSR count). The number of anilines is 1. The van der Waals surface area contributed by atoms with Crippen LogP contribution in [0.25, 0.3) is 0 Å². The molecule has 0 saturated heterocycles. The number of carbonyl (C=O) groups excluding carboxylic acids is 1. The summed E-state index contributed by atoms with van der Waals surface area (Å²) in [6, 6.07) is 11.3. The Morgan fingerprint density at radius 1 is 1.32 bits per heavy atom. The molecule has 7 nitrogen and oxygen atoms in total. The van der Waals surface area contributed by atoms with E-state index in [-0.39, 0.29) is 11.6 Å². The summed E-state index contributed by atoms with van der Waals surface area (Å²) in [4.78, 5) is 25.1. The molecule has 2 aromatic rings. The van der Waals surface area contributed by atoms with E-state index in [1.165, 1.54) is 18.2 Å². The first-order valence-corrected chi connectivity index (χ1v) is 8.00. The molecule has 0 saturated carbocycles. The zero-order valence-electron chi connectivity index (χ0n) is 13.4. The second-order valence-electron chi connectivity index (χ2n) is 5.55. The smallest absolute Gasteiger partial charge is 0.269 e. The molecule has 1 heterocycles. The van der Waals surface area contributed by atoms with Crippen molar-refractivity contribution < 1.29 is 14.5 Å². The molecular weight excluding hydrogens is 346 g/mol. The molecule has 1 aliphatic heterocycles. The van der Waals surface area contributed by atoms with Crippen LogP contribution in [0.4, 0.5) is 11.4 Å². The number of ether oxygens (including phenoxy) is 1. The van der Waals surface area contributed by atoms with Crippen LogP contribution in [0.3, 0.4) is 0 Å². The highest BCUT2D eigenvalue weighted by atomic mass is 35.5. The van der Waals surface area contributed by atoms with E-state index in [2.05, 4.69) is 5.32 Å². The van der Waals surface area contributed by atoms with Crippen LogP contribution in [0, 0.1) is 10.1 Å². The van der Waals surface area contributed by atoms with Gasteiger partial charge in [-0.1, -0.05) is 23.7 Å². The minimum Gasteiger partial charge on any atom is -0.383 e. The summed E-state index contributed by atoms with van der Waals surface area (Å²) in [6.07, 6.45) is -0.620. The lowest BCUT2D eigenvalue weighted by molar-refractivity contribution is -0.384. The van der Waals surface area contributed by atoms with Crippen LogP contribution >= 0.6 is 11.6 Å². The van der Waals surface area contributed by atoms with Crippen molar-refractivity contribution >= 4 is 28.9 Å². The van der Waals surface area contributed by atoms with Gasteiger partial charge in [0.15, 0.2) is 0 Å². The fraction of sp³-hybridized carbons (Fsp3) is 0.235. The molecule has 0 aromatic heterocycles. The van der Waals surface area contributed by atoms with Gasteiger partial charge in [0, 0.05) is 42.1 Å². The first kappa shape index (κ1) is 17.2. The molecule has 130 valence electrons. The summed E-state index contributed by atoms with van der Waals surface area (Å²) in [5.41, 5.74) is 1.58. The van der Waals surface area contributed by atoms with E-state index in [0.29, 0.717) is 35.0 Å². The van der Waals surface area contributed by atoms with E-state index in [4.69, 9.17) is 16.3 Å². The van der Waals surface area contributed by atoms with Crippen LogP contribution in [0.5, 0.6) is 0 Å². The molecule has 25 heavy (non-hydrogen) atoms. The summed E-state index contributed by atoms with van der Waals surface area (Å²) >= 11 is 6.28. The van der Waals surface area contributed by atoms with Gasteiger partial charge in [-0.15, -0.1) is 0 Å². The van der Waals surface area contributed by atoms with Crippen molar-refractivity contribution in [1.82, 2.24) is 4.90 Å². The summed E-state index contributed by atoms with van der Waals surface area (Å²) in [5, 5.41) is 14.7. The molecule has 1 atom stereocenters. The predicted molar refractivity (Wildman–Crippen MR) is 93.8 cm³/mol. The molecule has 1 N–H and O–H groups in total. The molecule has 2 aromatic carbocycles. The highest BCUT2D eigenvalue weighted by molar-refractivity contribution is 6.31. The second kappa shape index (κ2) is 7.08. The molecule has 0 unspecified atom stereocenters. The van der Waals surface area contributed by atoms with Crippen LogP contribution in [0.2, 0.25) is 5.02 Å². The number of fused-ring (bicyclic) bond motifs is 1. The van der Waals surface area contributed by atoms with Crippen molar-refractivity contribution in [2.24, 2.45) is 0 Å². The lowest BCUT2D eigenvalue weighted by Crippen LogP contribution is -2.44. The SMILES string of the molecule is COCCN1C(=O)c2ccccc2N[C@H]1c1cc([N+](=O)[O-])ccc1Cl. The Balaban J connectivity index is 2.08. The normalized spacial score (nSPS) is 16.3. The zero-order valence-corrected chi connectivity index (χ0v) is 14.2. The van der Waals surface area contributed by atoms with E-state index < -0.39 is 11.1 Å². The maximum absolute atomic E-state index is 12.9. The van der Waals surface area contributed by atoms with Gasteiger partial charge >= 0.3 is 0 Å². The standard InChI is InChI=1S/C17H16ClN3O4/c1-25-9-8-20-16(13-10-11(21(23)24)6-7-14(13)18)19-15-5-3-2-4-12(15)17(20)22/h2-7,10,16,19H,8-9H2,1H3/t16-/m1/s1. The van der Waals surface area contributed by atoms with Gasteiger partial charge in [-0.2, -0.15) is 0 Å². The van der Waals surface area contributed by atoms with E-state index in [1.807, 2.05) is 6.07 Å². The van der Waals surface area contributed by atoms with Crippen LogP contribution in [0.1, 0.15) is 22.1 Å². The number of nitro groups is 1. The van der Waals surface area contributed by atoms with Gasteiger partial charge in [-0.25, -0.2) is 0 Å². The molecule has 0 spiro atoms. The number of benzene rings is 2. The van der Waals surface area contributed by atoms with Crippen LogP contribution in [0.15, 0.2) is 42.5 Å². The average molecular weight is 362 g/mol. The number of halogens is 1. The van der Waals surface area contributed by atoms with E-state index in [1.54, 1.807) is 30.2 Å². The van der Waals surface area contributed by atoms with Crippen LogP contribution in [-0.2, 0) is 4.74 Å². The molecule has 1 aliphatic rings. The Morgan fingerprint density at radius 3 is 2.80 bits per heavy atom. The van der Waals surface area contributed by atoms with Crippen LogP contribution < -0.4 is 5.32 Å². The molecule has 0 aliphatic carbocycles. The quantitative estimate of drug-likeness (QED) is 0.651. The highest BCUT2D eigenvalue weighted by Crippen LogP contribution is 2.37. The summed E-state index contributed by atoms with van der Waals surface area (Å²) in [5.74, 6) is -0.182. The van der Waals surface area contributed by atoms with Gasteiger partial charge < -0.3 is 15.0 Å². The fourth-order valence-electron chi connectivity index (χ4n) is 2.81. The number of hydrogen-bond acceptors (Lipinski definition) is 5. The molecular formula is C17H16ClN3O4. The number of amides is 1.